The predicted molar refractivity (Wildman–Crippen MR) is 94.6 cm³/mol. The van der Waals surface area contributed by atoms with E-state index in [2.05, 4.69) is 36.9 Å². The van der Waals surface area contributed by atoms with Gasteiger partial charge < -0.3 is 10.2 Å². The monoisotopic (exact) mass is 346 g/mol. The van der Waals surface area contributed by atoms with Crippen LogP contribution in [-0.2, 0) is 0 Å². The summed E-state index contributed by atoms with van der Waals surface area (Å²) < 4.78 is 0. The average molecular weight is 347 g/mol. The lowest BCUT2D eigenvalue weighted by atomic mass is 10.2. The Morgan fingerprint density at radius 1 is 1.38 bits per heavy atom. The molecule has 1 amide bonds. The number of nitrogens with zero attached hydrogens (tertiary/aromatic N) is 4. The minimum absolute atomic E-state index is 0.164. The van der Waals surface area contributed by atoms with E-state index in [9.17, 15) is 4.79 Å². The Hall–Kier alpha value is -2.38. The molecule has 0 unspecified atom stereocenters. The van der Waals surface area contributed by atoms with Gasteiger partial charge in [-0.1, -0.05) is 23.7 Å². The Bertz CT molecular complexity index is 709. The Kier molecular flexibility index (Phi) is 5.12. The fourth-order valence-electron chi connectivity index (χ4n) is 2.77. The summed E-state index contributed by atoms with van der Waals surface area (Å²) in [6, 6.07) is 5.48. The maximum atomic E-state index is 12.2. The van der Waals surface area contributed by atoms with Crippen LogP contribution in [0.2, 0.25) is 5.02 Å². The molecule has 8 heteroatoms. The number of carbonyl (C=O) groups excluding carboxylic acids is 1. The highest BCUT2D eigenvalue weighted by Crippen LogP contribution is 2.34. The average Bonchev–Trinajstić information content (AvgIpc) is 3.11. The van der Waals surface area contributed by atoms with E-state index in [0.717, 1.165) is 38.4 Å². The van der Waals surface area contributed by atoms with E-state index in [4.69, 9.17) is 11.6 Å². The molecule has 2 N–H and O–H groups in total. The molecule has 1 aliphatic heterocycles. The fourth-order valence-corrected chi connectivity index (χ4v) is 3.06. The quantitative estimate of drug-likeness (QED) is 0.810. The topological polar surface area (TPSA) is 77.2 Å². The molecule has 1 saturated heterocycles. The van der Waals surface area contributed by atoms with Crippen LogP contribution in [0, 0.1) is 0 Å². The summed E-state index contributed by atoms with van der Waals surface area (Å²) in [4.78, 5) is 20.6. The third-order valence-corrected chi connectivity index (χ3v) is 4.25. The second kappa shape index (κ2) is 7.46. The molecule has 0 radical (unpaired) electrons. The molecule has 0 spiro atoms. The molecule has 2 heterocycles. The van der Waals surface area contributed by atoms with Gasteiger partial charge in [-0.15, -0.1) is 6.58 Å². The molecule has 1 aliphatic rings. The molecular formula is C16H19ClN6O. The lowest BCUT2D eigenvalue weighted by Crippen LogP contribution is -2.46. The number of amides is 1. The molecule has 7 nitrogen and oxygen atoms in total. The van der Waals surface area contributed by atoms with Crippen molar-refractivity contribution in [3.63, 3.8) is 0 Å². The molecular weight excluding hydrogens is 328 g/mol. The van der Waals surface area contributed by atoms with Crippen molar-refractivity contribution in [2.24, 2.45) is 0 Å². The first-order valence-corrected chi connectivity index (χ1v) is 8.10. The summed E-state index contributed by atoms with van der Waals surface area (Å²) >= 11 is 6.41. The molecule has 1 aromatic heterocycles. The third kappa shape index (κ3) is 3.58. The summed E-state index contributed by atoms with van der Waals surface area (Å²) in [5, 5.41) is 9.72. The number of nitrogens with one attached hydrogen (secondary N) is 2. The summed E-state index contributed by atoms with van der Waals surface area (Å²) in [6.07, 6.45) is 3.21. The van der Waals surface area contributed by atoms with E-state index in [0.29, 0.717) is 10.7 Å². The second-order valence-electron chi connectivity index (χ2n) is 5.50. The number of aromatic amines is 1. The minimum atomic E-state index is -0.346. The molecule has 0 atom stereocenters. The van der Waals surface area contributed by atoms with Crippen LogP contribution in [0.1, 0.15) is 10.6 Å². The zero-order valence-electron chi connectivity index (χ0n) is 13.2. The standard InChI is InChI=1S/C16H19ClN6O/c1-2-6-22-7-9-23(10-8-22)14-12(17)4-3-5-13(14)20-16(24)15-18-11-19-21-15/h2-5,11H,1,6-10H2,(H,20,24)(H,18,19,21). The molecule has 0 bridgehead atoms. The lowest BCUT2D eigenvalue weighted by molar-refractivity contribution is 0.101. The first-order chi connectivity index (χ1) is 11.7. The Balaban J connectivity index is 1.78. The van der Waals surface area contributed by atoms with Crippen LogP contribution in [0.4, 0.5) is 11.4 Å². The van der Waals surface area contributed by atoms with Crippen LogP contribution >= 0.6 is 11.6 Å². The number of aromatic nitrogens is 3. The number of H-pyrrole nitrogens is 1. The van der Waals surface area contributed by atoms with E-state index in [-0.39, 0.29) is 11.7 Å². The highest BCUT2D eigenvalue weighted by molar-refractivity contribution is 6.34. The number of hydrogen-bond acceptors (Lipinski definition) is 5. The van der Waals surface area contributed by atoms with E-state index >= 15 is 0 Å². The Morgan fingerprint density at radius 2 is 2.17 bits per heavy atom. The smallest absolute Gasteiger partial charge is 0.293 e. The van der Waals surface area contributed by atoms with Gasteiger partial charge >= 0.3 is 0 Å². The van der Waals surface area contributed by atoms with E-state index in [1.807, 2.05) is 24.3 Å². The van der Waals surface area contributed by atoms with Gasteiger partial charge in [-0.2, -0.15) is 5.10 Å². The van der Waals surface area contributed by atoms with Gasteiger partial charge in [-0.3, -0.25) is 14.8 Å². The van der Waals surface area contributed by atoms with Crippen LogP contribution in [0.5, 0.6) is 0 Å². The molecule has 0 saturated carbocycles. The summed E-state index contributed by atoms with van der Waals surface area (Å²) in [7, 11) is 0. The van der Waals surface area contributed by atoms with Crippen molar-refractivity contribution in [1.29, 1.82) is 0 Å². The minimum Gasteiger partial charge on any atom is -0.366 e. The molecule has 24 heavy (non-hydrogen) atoms. The first-order valence-electron chi connectivity index (χ1n) is 7.72. The number of rotatable bonds is 5. The van der Waals surface area contributed by atoms with Crippen LogP contribution < -0.4 is 10.2 Å². The van der Waals surface area contributed by atoms with Crippen molar-refractivity contribution in [3.05, 3.63) is 48.0 Å². The van der Waals surface area contributed by atoms with Crippen LogP contribution in [0.25, 0.3) is 0 Å². The maximum absolute atomic E-state index is 12.2. The van der Waals surface area contributed by atoms with Crippen molar-refractivity contribution >= 4 is 28.9 Å². The van der Waals surface area contributed by atoms with Gasteiger partial charge in [0.25, 0.3) is 5.91 Å². The van der Waals surface area contributed by atoms with Crippen molar-refractivity contribution in [3.8, 4) is 0 Å². The number of para-hydroxylation sites is 1. The summed E-state index contributed by atoms with van der Waals surface area (Å²) in [6.45, 7) is 8.18. The molecule has 2 aromatic rings. The van der Waals surface area contributed by atoms with Crippen LogP contribution in [0.15, 0.2) is 37.2 Å². The highest BCUT2D eigenvalue weighted by atomic mass is 35.5. The molecule has 126 valence electrons. The largest absolute Gasteiger partial charge is 0.366 e. The van der Waals surface area contributed by atoms with Gasteiger partial charge in [0.1, 0.15) is 6.33 Å². The van der Waals surface area contributed by atoms with Gasteiger partial charge in [0, 0.05) is 32.7 Å². The van der Waals surface area contributed by atoms with Crippen molar-refractivity contribution < 1.29 is 4.79 Å². The van der Waals surface area contributed by atoms with Gasteiger partial charge in [-0.05, 0) is 12.1 Å². The predicted octanol–water partition coefficient (Wildman–Crippen LogP) is 2.02. The molecule has 1 fully saturated rings. The maximum Gasteiger partial charge on any atom is 0.293 e. The molecule has 0 aliphatic carbocycles. The number of carbonyl (C=O) groups is 1. The van der Waals surface area contributed by atoms with E-state index < -0.39 is 0 Å². The normalized spacial score (nSPS) is 15.3. The van der Waals surface area contributed by atoms with Crippen molar-refractivity contribution in [2.75, 3.05) is 42.9 Å². The van der Waals surface area contributed by atoms with Crippen molar-refractivity contribution in [2.45, 2.75) is 0 Å². The van der Waals surface area contributed by atoms with Gasteiger partial charge in [0.2, 0.25) is 5.82 Å². The van der Waals surface area contributed by atoms with Gasteiger partial charge in [0.15, 0.2) is 0 Å². The van der Waals surface area contributed by atoms with Crippen LogP contribution in [-0.4, -0.2) is 58.7 Å². The highest BCUT2D eigenvalue weighted by Gasteiger charge is 2.22. The van der Waals surface area contributed by atoms with Gasteiger partial charge in [0.05, 0.1) is 16.4 Å². The number of piperazine rings is 1. The third-order valence-electron chi connectivity index (χ3n) is 3.94. The summed E-state index contributed by atoms with van der Waals surface area (Å²) in [5.74, 6) is -0.182. The number of hydrogen-bond donors (Lipinski definition) is 2. The van der Waals surface area contributed by atoms with Crippen LogP contribution in [0.3, 0.4) is 0 Å². The van der Waals surface area contributed by atoms with Crippen molar-refractivity contribution in [1.82, 2.24) is 20.1 Å². The van der Waals surface area contributed by atoms with E-state index in [1.165, 1.54) is 6.33 Å². The second-order valence-corrected chi connectivity index (χ2v) is 5.91. The first kappa shape index (κ1) is 16.5. The molecule has 3 rings (SSSR count). The van der Waals surface area contributed by atoms with E-state index in [1.54, 1.807) is 0 Å². The SMILES string of the molecule is C=CCN1CCN(c2c(Cl)cccc2NC(=O)c2ncn[nH]2)CC1. The Morgan fingerprint density at radius 3 is 2.83 bits per heavy atom. The lowest BCUT2D eigenvalue weighted by Gasteiger charge is -2.36. The number of anilines is 2. The van der Waals surface area contributed by atoms with Gasteiger partial charge in [-0.25, -0.2) is 4.98 Å². The summed E-state index contributed by atoms with van der Waals surface area (Å²) in [5.41, 5.74) is 1.51. The Labute approximate surface area is 145 Å². The zero-order valence-corrected chi connectivity index (χ0v) is 14.0. The number of benzene rings is 1. The number of halogens is 1. The fraction of sp³-hybridized carbons (Fsp3) is 0.312. The zero-order chi connectivity index (χ0) is 16.9. The molecule has 1 aromatic carbocycles.